The van der Waals surface area contributed by atoms with Crippen molar-refractivity contribution >= 4 is 23.3 Å². The van der Waals surface area contributed by atoms with E-state index in [4.69, 9.17) is 9.97 Å². The average molecular weight is 535 g/mol. The van der Waals surface area contributed by atoms with E-state index in [9.17, 15) is 8.78 Å². The molecule has 208 valence electrons. The van der Waals surface area contributed by atoms with E-state index in [1.807, 2.05) is 39.8 Å². The first kappa shape index (κ1) is 30.0. The smallest absolute Gasteiger partial charge is 0.168 e. The predicted octanol–water partition coefficient (Wildman–Crippen LogP) is 5.84. The fourth-order valence-electron chi connectivity index (χ4n) is 4.39. The molecule has 8 heteroatoms. The first-order valence-corrected chi connectivity index (χ1v) is 13.8. The molecule has 1 aliphatic carbocycles. The molecular weight excluding hydrogens is 494 g/mol. The van der Waals surface area contributed by atoms with Crippen molar-refractivity contribution in [2.75, 3.05) is 18.4 Å². The second kappa shape index (κ2) is 14.6. The molecule has 4 heterocycles. The van der Waals surface area contributed by atoms with E-state index in [0.717, 1.165) is 40.0 Å². The highest BCUT2D eigenvalue weighted by Gasteiger charge is 2.25. The fourth-order valence-corrected chi connectivity index (χ4v) is 4.39. The molecule has 3 aromatic heterocycles. The first-order valence-electron chi connectivity index (χ1n) is 13.8. The Morgan fingerprint density at radius 2 is 1.79 bits per heavy atom. The van der Waals surface area contributed by atoms with Crippen LogP contribution < -0.4 is 21.2 Å². The average Bonchev–Trinajstić information content (AvgIpc) is 3.79. The maximum absolute atomic E-state index is 13.9. The molecule has 5 rings (SSSR count). The van der Waals surface area contributed by atoms with Gasteiger partial charge >= 0.3 is 0 Å². The Hall–Kier alpha value is -3.52. The van der Waals surface area contributed by atoms with Crippen molar-refractivity contribution in [3.05, 3.63) is 71.1 Å². The second-order valence-corrected chi connectivity index (χ2v) is 9.59. The summed E-state index contributed by atoms with van der Waals surface area (Å²) in [5.74, 6) is 0.759. The molecule has 39 heavy (non-hydrogen) atoms. The van der Waals surface area contributed by atoms with Crippen LogP contribution in [0.2, 0.25) is 0 Å². The fraction of sp³-hybridized carbons (Fsp3) is 0.419. The van der Waals surface area contributed by atoms with E-state index in [1.165, 1.54) is 44.3 Å². The number of hydrogen-bond acceptors (Lipinski definition) is 6. The number of nitrogens with one attached hydrogen (secondary N) is 2. The van der Waals surface area contributed by atoms with Crippen LogP contribution in [0.1, 0.15) is 59.1 Å². The highest BCUT2D eigenvalue weighted by Crippen LogP contribution is 2.37. The van der Waals surface area contributed by atoms with Crippen molar-refractivity contribution in [2.45, 2.75) is 60.3 Å². The Balaban J connectivity index is 0.000000401. The minimum Gasteiger partial charge on any atom is -0.322 e. The van der Waals surface area contributed by atoms with Crippen molar-refractivity contribution in [3.8, 4) is 11.4 Å². The molecular formula is C31H40F2N6. The number of hydrogen-bond donors (Lipinski definition) is 2. The summed E-state index contributed by atoms with van der Waals surface area (Å²) in [6, 6.07) is 4.26. The van der Waals surface area contributed by atoms with Crippen LogP contribution in [0.15, 0.2) is 43.2 Å². The topological polar surface area (TPSA) is 75.6 Å². The van der Waals surface area contributed by atoms with E-state index >= 15 is 0 Å². The van der Waals surface area contributed by atoms with Gasteiger partial charge in [0.15, 0.2) is 17.5 Å². The normalized spacial score (nSPS) is 16.3. The summed E-state index contributed by atoms with van der Waals surface area (Å²) in [7, 11) is 0. The van der Waals surface area contributed by atoms with Gasteiger partial charge in [-0.1, -0.05) is 39.5 Å². The maximum atomic E-state index is 13.9. The third-order valence-corrected chi connectivity index (χ3v) is 6.62. The van der Waals surface area contributed by atoms with Crippen LogP contribution >= 0.6 is 0 Å². The number of pyridine rings is 2. The molecule has 6 nitrogen and oxygen atoms in total. The molecule has 3 aromatic rings. The van der Waals surface area contributed by atoms with Gasteiger partial charge in [0, 0.05) is 28.7 Å². The van der Waals surface area contributed by atoms with Gasteiger partial charge in [-0.2, -0.15) is 0 Å². The van der Waals surface area contributed by atoms with Crippen LogP contribution in [0.5, 0.6) is 0 Å². The predicted molar refractivity (Wildman–Crippen MR) is 156 cm³/mol. The number of nitrogens with zero attached hydrogens (tertiary/aromatic N) is 4. The van der Waals surface area contributed by atoms with Crippen LogP contribution in [0.4, 0.5) is 20.4 Å². The number of halogens is 2. The molecule has 0 unspecified atom stereocenters. The van der Waals surface area contributed by atoms with Gasteiger partial charge in [-0.05, 0) is 82.2 Å². The summed E-state index contributed by atoms with van der Waals surface area (Å²) in [6.07, 6.45) is 11.5. The number of allylic oxidation sites excluding steroid dienone is 1. The van der Waals surface area contributed by atoms with Gasteiger partial charge in [0.05, 0.1) is 11.5 Å². The molecule has 0 aromatic carbocycles. The summed E-state index contributed by atoms with van der Waals surface area (Å²) in [5.41, 5.74) is 2.80. The van der Waals surface area contributed by atoms with E-state index < -0.39 is 11.6 Å². The SMILES string of the molecule is C=C/C(=c1/c(C)nc(-c2ccnc(Nc3ncc(F)cc3F)c2)n/c1=C/C)C1CC1.CC.CC1CCNCC1. The minimum atomic E-state index is -0.797. The Morgan fingerprint density at radius 1 is 1.08 bits per heavy atom. The zero-order valence-electron chi connectivity index (χ0n) is 23.7. The lowest BCUT2D eigenvalue weighted by atomic mass is 10.0. The monoisotopic (exact) mass is 534 g/mol. The molecule has 0 bridgehead atoms. The first-order chi connectivity index (χ1) is 18.9. The number of aromatic nitrogens is 4. The van der Waals surface area contributed by atoms with Crippen LogP contribution in [0, 0.1) is 30.4 Å². The van der Waals surface area contributed by atoms with E-state index in [-0.39, 0.29) is 5.82 Å². The third kappa shape index (κ3) is 8.23. The highest BCUT2D eigenvalue weighted by molar-refractivity contribution is 5.65. The summed E-state index contributed by atoms with van der Waals surface area (Å²) >= 11 is 0. The minimum absolute atomic E-state index is 0.106. The van der Waals surface area contributed by atoms with Crippen LogP contribution in [0.3, 0.4) is 0 Å². The molecule has 2 aliphatic rings. The number of piperidine rings is 1. The van der Waals surface area contributed by atoms with E-state index in [1.54, 1.807) is 18.3 Å². The Labute approximate surface area is 230 Å². The van der Waals surface area contributed by atoms with Crippen molar-refractivity contribution in [1.29, 1.82) is 0 Å². The number of rotatable bonds is 5. The van der Waals surface area contributed by atoms with Gasteiger partial charge in [0.2, 0.25) is 0 Å². The molecule has 1 aliphatic heterocycles. The summed E-state index contributed by atoms with van der Waals surface area (Å²) < 4.78 is 27.0. The zero-order valence-corrected chi connectivity index (χ0v) is 23.7. The molecule has 2 N–H and O–H groups in total. The van der Waals surface area contributed by atoms with Crippen molar-refractivity contribution in [1.82, 2.24) is 25.3 Å². The molecule has 0 spiro atoms. The largest absolute Gasteiger partial charge is 0.322 e. The zero-order chi connectivity index (χ0) is 28.4. The maximum Gasteiger partial charge on any atom is 0.168 e. The van der Waals surface area contributed by atoms with E-state index in [2.05, 4.69) is 34.1 Å². The number of aryl methyl sites for hydroxylation is 1. The molecule has 1 saturated carbocycles. The molecule has 0 amide bonds. The second-order valence-electron chi connectivity index (χ2n) is 9.59. The highest BCUT2D eigenvalue weighted by atomic mass is 19.1. The van der Waals surface area contributed by atoms with Gasteiger partial charge in [0.25, 0.3) is 0 Å². The molecule has 2 fully saturated rings. The lowest BCUT2D eigenvalue weighted by Crippen LogP contribution is -2.34. The van der Waals surface area contributed by atoms with Crippen LogP contribution in [-0.4, -0.2) is 33.0 Å². The van der Waals surface area contributed by atoms with Crippen molar-refractivity contribution in [3.63, 3.8) is 0 Å². The quantitative estimate of drug-likeness (QED) is 0.428. The number of anilines is 2. The summed E-state index contributed by atoms with van der Waals surface area (Å²) in [5, 5.41) is 7.99. The van der Waals surface area contributed by atoms with Gasteiger partial charge in [-0.3, -0.25) is 0 Å². The van der Waals surface area contributed by atoms with Crippen LogP contribution in [-0.2, 0) is 0 Å². The van der Waals surface area contributed by atoms with Gasteiger partial charge in [-0.15, -0.1) is 0 Å². The van der Waals surface area contributed by atoms with Crippen molar-refractivity contribution < 1.29 is 8.78 Å². The van der Waals surface area contributed by atoms with E-state index in [0.29, 0.717) is 17.6 Å². The Bertz CT molecular complexity index is 1380. The summed E-state index contributed by atoms with van der Waals surface area (Å²) in [6.45, 7) is 16.7. The van der Waals surface area contributed by atoms with Gasteiger partial charge in [0.1, 0.15) is 11.6 Å². The molecule has 1 saturated heterocycles. The lowest BCUT2D eigenvalue weighted by Gasteiger charge is -2.17. The Morgan fingerprint density at radius 3 is 2.36 bits per heavy atom. The third-order valence-electron chi connectivity index (χ3n) is 6.62. The molecule has 0 atom stereocenters. The van der Waals surface area contributed by atoms with Crippen molar-refractivity contribution in [2.24, 2.45) is 11.8 Å². The standard InChI is InChI=1S/C23H21F2N5.C6H13N.C2H6/c1-4-17(14-6-7-14)21-13(3)28-22(29-19(21)5-2)15-8-9-26-20(10-15)30-23-18(25)11-16(24)12-27-23;1-6-2-4-7-5-3-6;1-2/h4-5,8-12,14H,1,6-7H2,2-3H3,(H,26,27,30);6-7H,2-5H2,1H3;1-2H3/b19-5+,21-17+;;. The molecule has 0 radical (unpaired) electrons. The summed E-state index contributed by atoms with van der Waals surface area (Å²) in [4.78, 5) is 17.4. The van der Waals surface area contributed by atoms with Gasteiger partial charge in [-0.25, -0.2) is 28.7 Å². The Kier molecular flexibility index (Phi) is 11.2. The lowest BCUT2D eigenvalue weighted by molar-refractivity contribution is 0.402. The van der Waals surface area contributed by atoms with Gasteiger partial charge < -0.3 is 10.6 Å². The van der Waals surface area contributed by atoms with Crippen LogP contribution in [0.25, 0.3) is 23.0 Å².